The maximum atomic E-state index is 12.8. The highest BCUT2D eigenvalue weighted by Crippen LogP contribution is 2.30. The first-order valence-electron chi connectivity index (χ1n) is 8.16. The molecule has 0 amide bonds. The first kappa shape index (κ1) is 20.1. The van der Waals surface area contributed by atoms with Crippen molar-refractivity contribution in [2.24, 2.45) is 0 Å². The molecule has 3 aromatic rings. The van der Waals surface area contributed by atoms with Crippen LogP contribution in [0.2, 0.25) is 0 Å². The molecule has 2 aromatic carbocycles. The maximum absolute atomic E-state index is 12.8. The summed E-state index contributed by atoms with van der Waals surface area (Å²) in [4.78, 5) is -0.525. The van der Waals surface area contributed by atoms with Gasteiger partial charge in [0.05, 0.1) is 22.8 Å². The Balaban J connectivity index is 1.69. The molecule has 3 rings (SSSR count). The van der Waals surface area contributed by atoms with Crippen LogP contribution >= 0.6 is 0 Å². The van der Waals surface area contributed by atoms with Gasteiger partial charge in [-0.2, -0.15) is 13.2 Å². The molecule has 148 valence electrons. The van der Waals surface area contributed by atoms with Crippen molar-refractivity contribution in [2.75, 3.05) is 6.54 Å². The van der Waals surface area contributed by atoms with Crippen LogP contribution in [-0.2, 0) is 16.2 Å². The Bertz CT molecular complexity index is 1030. The SMILES string of the molecule is O=S(=O)(NC[C@H](O)c1ccc(-c2ccco2)cc1)c1cccc(C(F)(F)F)c1. The van der Waals surface area contributed by atoms with Crippen LogP contribution in [0.1, 0.15) is 17.2 Å². The summed E-state index contributed by atoms with van der Waals surface area (Å²) < 4.78 is 70.2. The third-order valence-corrected chi connectivity index (χ3v) is 5.46. The van der Waals surface area contributed by atoms with E-state index in [4.69, 9.17) is 4.42 Å². The zero-order valence-corrected chi connectivity index (χ0v) is 15.2. The van der Waals surface area contributed by atoms with Gasteiger partial charge in [0.25, 0.3) is 0 Å². The molecule has 0 saturated heterocycles. The molecule has 0 spiro atoms. The molecule has 0 aliphatic rings. The Morgan fingerprint density at radius 2 is 1.75 bits per heavy atom. The number of aliphatic hydroxyl groups excluding tert-OH is 1. The molecular formula is C19H16F3NO4S. The number of nitrogens with one attached hydrogen (secondary N) is 1. The second-order valence-electron chi connectivity index (χ2n) is 5.99. The van der Waals surface area contributed by atoms with E-state index in [0.29, 0.717) is 17.4 Å². The third kappa shape index (κ3) is 4.61. The van der Waals surface area contributed by atoms with Gasteiger partial charge in [0.15, 0.2) is 0 Å². The molecule has 0 bridgehead atoms. The van der Waals surface area contributed by atoms with Crippen LogP contribution in [0.15, 0.2) is 76.2 Å². The van der Waals surface area contributed by atoms with Crippen molar-refractivity contribution in [3.63, 3.8) is 0 Å². The summed E-state index contributed by atoms with van der Waals surface area (Å²) in [7, 11) is -4.21. The molecule has 9 heteroatoms. The Morgan fingerprint density at radius 3 is 2.36 bits per heavy atom. The molecule has 2 N–H and O–H groups in total. The largest absolute Gasteiger partial charge is 0.464 e. The van der Waals surface area contributed by atoms with Crippen molar-refractivity contribution in [2.45, 2.75) is 17.2 Å². The lowest BCUT2D eigenvalue weighted by atomic mass is 10.1. The van der Waals surface area contributed by atoms with Gasteiger partial charge in [-0.05, 0) is 35.9 Å². The quantitative estimate of drug-likeness (QED) is 0.643. The molecule has 0 fully saturated rings. The zero-order chi connectivity index (χ0) is 20.4. The van der Waals surface area contributed by atoms with E-state index in [9.17, 15) is 26.7 Å². The molecule has 0 aliphatic carbocycles. The zero-order valence-electron chi connectivity index (χ0n) is 14.3. The Kier molecular flexibility index (Phi) is 5.59. The molecular weight excluding hydrogens is 395 g/mol. The first-order chi connectivity index (χ1) is 13.2. The van der Waals surface area contributed by atoms with E-state index in [1.165, 1.54) is 6.26 Å². The minimum absolute atomic E-state index is 0.390. The molecule has 5 nitrogen and oxygen atoms in total. The number of rotatable bonds is 6. The molecule has 1 atom stereocenters. The summed E-state index contributed by atoms with van der Waals surface area (Å²) in [6, 6.07) is 13.6. The summed E-state index contributed by atoms with van der Waals surface area (Å²) in [5.74, 6) is 0.645. The second kappa shape index (κ2) is 7.78. The minimum Gasteiger partial charge on any atom is -0.464 e. The Labute approximate surface area is 159 Å². The molecule has 0 radical (unpaired) electrons. The van der Waals surface area contributed by atoms with Crippen LogP contribution in [0.25, 0.3) is 11.3 Å². The number of sulfonamides is 1. The Morgan fingerprint density at radius 1 is 1.04 bits per heavy atom. The summed E-state index contributed by atoms with van der Waals surface area (Å²) in [5, 5.41) is 10.2. The van der Waals surface area contributed by atoms with E-state index >= 15 is 0 Å². The molecule has 0 aliphatic heterocycles. The number of hydrogen-bond acceptors (Lipinski definition) is 4. The van der Waals surface area contributed by atoms with Crippen LogP contribution in [0.5, 0.6) is 0 Å². The van der Waals surface area contributed by atoms with E-state index < -0.39 is 39.3 Å². The number of halogens is 3. The first-order valence-corrected chi connectivity index (χ1v) is 9.64. The van der Waals surface area contributed by atoms with Gasteiger partial charge in [0.1, 0.15) is 5.76 Å². The predicted molar refractivity (Wildman–Crippen MR) is 95.7 cm³/mol. The number of aliphatic hydroxyl groups is 1. The number of furan rings is 1. The van der Waals surface area contributed by atoms with E-state index in [2.05, 4.69) is 4.72 Å². The number of hydrogen-bond donors (Lipinski definition) is 2. The van der Waals surface area contributed by atoms with Crippen LogP contribution in [0.4, 0.5) is 13.2 Å². The highest BCUT2D eigenvalue weighted by molar-refractivity contribution is 7.89. The van der Waals surface area contributed by atoms with Crippen LogP contribution < -0.4 is 4.72 Å². The van der Waals surface area contributed by atoms with Crippen molar-refractivity contribution >= 4 is 10.0 Å². The van der Waals surface area contributed by atoms with Crippen molar-refractivity contribution in [1.82, 2.24) is 4.72 Å². The van der Waals surface area contributed by atoms with Crippen LogP contribution in [0, 0.1) is 0 Å². The fourth-order valence-electron chi connectivity index (χ4n) is 2.54. The van der Waals surface area contributed by atoms with Crippen molar-refractivity contribution in [3.05, 3.63) is 78.1 Å². The van der Waals surface area contributed by atoms with Crippen LogP contribution in [0.3, 0.4) is 0 Å². The average Bonchev–Trinajstić information content (AvgIpc) is 3.20. The number of alkyl halides is 3. The highest BCUT2D eigenvalue weighted by Gasteiger charge is 2.31. The molecule has 0 saturated carbocycles. The number of benzene rings is 2. The maximum Gasteiger partial charge on any atom is 0.416 e. The molecule has 28 heavy (non-hydrogen) atoms. The molecule has 0 unspecified atom stereocenters. The standard InChI is InChI=1S/C19H16F3NO4S/c20-19(21,22)15-3-1-4-16(11-15)28(25,26)23-12-17(24)13-6-8-14(9-7-13)18-5-2-10-27-18/h1-11,17,23-24H,12H2/t17-/m0/s1. The van der Waals surface area contributed by atoms with Gasteiger partial charge in [0, 0.05) is 12.1 Å². The highest BCUT2D eigenvalue weighted by atomic mass is 32.2. The van der Waals surface area contributed by atoms with Gasteiger partial charge in [-0.15, -0.1) is 0 Å². The van der Waals surface area contributed by atoms with Gasteiger partial charge < -0.3 is 9.52 Å². The van der Waals surface area contributed by atoms with Gasteiger partial charge >= 0.3 is 6.18 Å². The van der Waals surface area contributed by atoms with Gasteiger partial charge in [-0.25, -0.2) is 13.1 Å². The normalized spacial score (nSPS) is 13.4. The fourth-order valence-corrected chi connectivity index (χ4v) is 3.63. The monoisotopic (exact) mass is 411 g/mol. The lowest BCUT2D eigenvalue weighted by Gasteiger charge is -2.14. The average molecular weight is 411 g/mol. The summed E-state index contributed by atoms with van der Waals surface area (Å²) in [5.41, 5.74) is 0.164. The van der Waals surface area contributed by atoms with Gasteiger partial charge in [-0.1, -0.05) is 30.3 Å². The van der Waals surface area contributed by atoms with Crippen molar-refractivity contribution < 1.29 is 31.1 Å². The summed E-state index contributed by atoms with van der Waals surface area (Å²) in [6.45, 7) is -0.390. The van der Waals surface area contributed by atoms with Gasteiger partial charge in [0.2, 0.25) is 10.0 Å². The molecule has 1 heterocycles. The predicted octanol–water partition coefficient (Wildman–Crippen LogP) is 3.98. The van der Waals surface area contributed by atoms with Crippen molar-refractivity contribution in [3.8, 4) is 11.3 Å². The van der Waals surface area contributed by atoms with E-state index in [0.717, 1.165) is 23.8 Å². The summed E-state index contributed by atoms with van der Waals surface area (Å²) >= 11 is 0. The molecule has 1 aromatic heterocycles. The lowest BCUT2D eigenvalue weighted by molar-refractivity contribution is -0.137. The van der Waals surface area contributed by atoms with Crippen LogP contribution in [-0.4, -0.2) is 20.1 Å². The lowest BCUT2D eigenvalue weighted by Crippen LogP contribution is -2.28. The topological polar surface area (TPSA) is 79.5 Å². The smallest absolute Gasteiger partial charge is 0.416 e. The second-order valence-corrected chi connectivity index (χ2v) is 7.76. The summed E-state index contributed by atoms with van der Waals surface area (Å²) in [6.07, 6.45) is -4.30. The van der Waals surface area contributed by atoms with Gasteiger partial charge in [-0.3, -0.25) is 0 Å². The van der Waals surface area contributed by atoms with E-state index in [-0.39, 0.29) is 0 Å². The minimum atomic E-state index is -4.65. The van der Waals surface area contributed by atoms with Crippen molar-refractivity contribution in [1.29, 1.82) is 0 Å². The van der Waals surface area contributed by atoms with E-state index in [1.54, 1.807) is 36.4 Å². The van der Waals surface area contributed by atoms with E-state index in [1.807, 2.05) is 0 Å². The third-order valence-electron chi connectivity index (χ3n) is 4.04. The Hall–Kier alpha value is -2.62. The fraction of sp³-hybridized carbons (Fsp3) is 0.158.